The lowest BCUT2D eigenvalue weighted by Crippen LogP contribution is -2.36. The number of rotatable bonds is 6. The van der Waals surface area contributed by atoms with Crippen LogP contribution in [0.25, 0.3) is 0 Å². The lowest BCUT2D eigenvalue weighted by Gasteiger charge is -2.28. The van der Waals surface area contributed by atoms with Crippen molar-refractivity contribution in [3.8, 4) is 0 Å². The van der Waals surface area contributed by atoms with Crippen LogP contribution in [0, 0.1) is 6.92 Å². The van der Waals surface area contributed by atoms with Gasteiger partial charge < -0.3 is 15.0 Å². The van der Waals surface area contributed by atoms with Crippen molar-refractivity contribution in [2.45, 2.75) is 19.8 Å². The summed E-state index contributed by atoms with van der Waals surface area (Å²) in [7, 11) is 0. The van der Waals surface area contributed by atoms with Gasteiger partial charge in [0.25, 0.3) is 0 Å². The highest BCUT2D eigenvalue weighted by Crippen LogP contribution is 2.17. The number of anilines is 1. The molecule has 1 N–H and O–H groups in total. The van der Waals surface area contributed by atoms with Gasteiger partial charge in [0.05, 0.1) is 30.3 Å². The molecule has 0 radical (unpaired) electrons. The van der Waals surface area contributed by atoms with Crippen molar-refractivity contribution in [2.75, 3.05) is 37.7 Å². The summed E-state index contributed by atoms with van der Waals surface area (Å²) in [5.41, 5.74) is 3.28. The van der Waals surface area contributed by atoms with Gasteiger partial charge >= 0.3 is 0 Å². The third kappa shape index (κ3) is 4.79. The number of nitrogens with one attached hydrogen (secondary N) is 1. The fourth-order valence-corrected chi connectivity index (χ4v) is 3.39. The van der Waals surface area contributed by atoms with Crippen molar-refractivity contribution >= 4 is 22.9 Å². The van der Waals surface area contributed by atoms with Gasteiger partial charge in [0, 0.05) is 37.1 Å². The summed E-state index contributed by atoms with van der Waals surface area (Å²) in [6.07, 6.45) is 1.20. The van der Waals surface area contributed by atoms with Gasteiger partial charge in [-0.05, 0) is 24.6 Å². The van der Waals surface area contributed by atoms with Gasteiger partial charge in [-0.2, -0.15) is 0 Å². The monoisotopic (exact) mass is 345 g/mol. The highest BCUT2D eigenvalue weighted by atomic mass is 32.1. The van der Waals surface area contributed by atoms with Crippen LogP contribution >= 0.6 is 11.3 Å². The molecule has 0 spiro atoms. The molecule has 1 aliphatic heterocycles. The quantitative estimate of drug-likeness (QED) is 0.872. The van der Waals surface area contributed by atoms with Crippen LogP contribution in [0.3, 0.4) is 0 Å². The van der Waals surface area contributed by atoms with Crippen molar-refractivity contribution in [3.63, 3.8) is 0 Å². The molecule has 0 saturated carbocycles. The summed E-state index contributed by atoms with van der Waals surface area (Å²) in [5.74, 6) is 0.0566. The first-order chi connectivity index (χ1) is 11.7. The third-order valence-corrected chi connectivity index (χ3v) is 4.87. The molecule has 1 saturated heterocycles. The zero-order valence-corrected chi connectivity index (χ0v) is 14.8. The molecule has 1 aliphatic rings. The second-order valence-electron chi connectivity index (χ2n) is 5.90. The SMILES string of the molecule is Cc1nc(CCNC(=O)Cc2ccc(N3CCOCC3)cc2)cs1. The predicted octanol–water partition coefficient (Wildman–Crippen LogP) is 2.19. The van der Waals surface area contributed by atoms with Gasteiger partial charge in [0.15, 0.2) is 0 Å². The number of hydrogen-bond donors (Lipinski definition) is 1. The smallest absolute Gasteiger partial charge is 0.224 e. The number of amides is 1. The van der Waals surface area contributed by atoms with Crippen LogP contribution in [0.15, 0.2) is 29.6 Å². The Morgan fingerprint density at radius 3 is 2.71 bits per heavy atom. The second-order valence-corrected chi connectivity index (χ2v) is 6.96. The van der Waals surface area contributed by atoms with E-state index >= 15 is 0 Å². The molecular weight excluding hydrogens is 322 g/mol. The van der Waals surface area contributed by atoms with Gasteiger partial charge in [0.2, 0.25) is 5.91 Å². The molecular formula is C18H23N3O2S. The number of morpholine rings is 1. The molecule has 0 unspecified atom stereocenters. The Labute approximate surface area is 146 Å². The standard InChI is InChI=1S/C18H23N3O2S/c1-14-20-16(13-24-14)6-7-19-18(22)12-15-2-4-17(5-3-15)21-8-10-23-11-9-21/h2-5,13H,6-12H2,1H3,(H,19,22). The van der Waals surface area contributed by atoms with Gasteiger partial charge in [-0.1, -0.05) is 12.1 Å². The second kappa shape index (κ2) is 8.26. The summed E-state index contributed by atoms with van der Waals surface area (Å²) in [4.78, 5) is 18.7. The molecule has 128 valence electrons. The Morgan fingerprint density at radius 2 is 2.04 bits per heavy atom. The van der Waals surface area contributed by atoms with Crippen LogP contribution in [-0.2, 0) is 22.4 Å². The van der Waals surface area contributed by atoms with E-state index in [0.29, 0.717) is 13.0 Å². The first-order valence-electron chi connectivity index (χ1n) is 8.30. The number of nitrogens with zero attached hydrogens (tertiary/aromatic N) is 2. The number of carbonyl (C=O) groups excluding carboxylic acids is 1. The van der Waals surface area contributed by atoms with E-state index in [9.17, 15) is 4.79 Å². The first kappa shape index (κ1) is 16.9. The summed E-state index contributed by atoms with van der Waals surface area (Å²) in [6.45, 7) is 6.04. The van der Waals surface area contributed by atoms with E-state index in [1.165, 1.54) is 5.69 Å². The van der Waals surface area contributed by atoms with Crippen molar-refractivity contribution in [3.05, 3.63) is 45.9 Å². The lowest BCUT2D eigenvalue weighted by molar-refractivity contribution is -0.120. The number of hydrogen-bond acceptors (Lipinski definition) is 5. The molecule has 0 aliphatic carbocycles. The average molecular weight is 345 g/mol. The number of carbonyl (C=O) groups is 1. The fourth-order valence-electron chi connectivity index (χ4n) is 2.75. The number of aromatic nitrogens is 1. The molecule has 1 aromatic heterocycles. The van der Waals surface area contributed by atoms with Crippen LogP contribution in [0.4, 0.5) is 5.69 Å². The van der Waals surface area contributed by atoms with Gasteiger partial charge in [-0.3, -0.25) is 4.79 Å². The summed E-state index contributed by atoms with van der Waals surface area (Å²) in [5, 5.41) is 6.08. The van der Waals surface area contributed by atoms with Crippen molar-refractivity contribution in [1.29, 1.82) is 0 Å². The summed E-state index contributed by atoms with van der Waals surface area (Å²) >= 11 is 1.64. The summed E-state index contributed by atoms with van der Waals surface area (Å²) in [6, 6.07) is 8.25. The molecule has 1 aromatic carbocycles. The van der Waals surface area contributed by atoms with Crippen LogP contribution in [-0.4, -0.2) is 43.7 Å². The number of ether oxygens (including phenoxy) is 1. The predicted molar refractivity (Wildman–Crippen MR) is 96.7 cm³/mol. The van der Waals surface area contributed by atoms with E-state index in [1.54, 1.807) is 11.3 Å². The molecule has 6 heteroatoms. The molecule has 0 bridgehead atoms. The average Bonchev–Trinajstić information content (AvgIpc) is 3.02. The topological polar surface area (TPSA) is 54.5 Å². The minimum Gasteiger partial charge on any atom is -0.378 e. The van der Waals surface area contributed by atoms with Crippen LogP contribution in [0.1, 0.15) is 16.3 Å². The third-order valence-electron chi connectivity index (χ3n) is 4.05. The van der Waals surface area contributed by atoms with Crippen LogP contribution < -0.4 is 10.2 Å². The number of aryl methyl sites for hydroxylation is 1. The van der Waals surface area contributed by atoms with E-state index in [0.717, 1.165) is 49.0 Å². The normalized spacial score (nSPS) is 14.6. The zero-order valence-electron chi connectivity index (χ0n) is 14.0. The largest absolute Gasteiger partial charge is 0.378 e. The van der Waals surface area contributed by atoms with Crippen molar-refractivity contribution < 1.29 is 9.53 Å². The minimum absolute atomic E-state index is 0.0566. The first-order valence-corrected chi connectivity index (χ1v) is 9.18. The van der Waals surface area contributed by atoms with Gasteiger partial charge in [0.1, 0.15) is 0 Å². The van der Waals surface area contributed by atoms with E-state index in [-0.39, 0.29) is 5.91 Å². The van der Waals surface area contributed by atoms with Gasteiger partial charge in [-0.15, -0.1) is 11.3 Å². The minimum atomic E-state index is 0.0566. The van der Waals surface area contributed by atoms with E-state index < -0.39 is 0 Å². The Kier molecular flexibility index (Phi) is 5.82. The zero-order chi connectivity index (χ0) is 16.8. The highest BCUT2D eigenvalue weighted by molar-refractivity contribution is 7.09. The lowest BCUT2D eigenvalue weighted by atomic mass is 10.1. The van der Waals surface area contributed by atoms with Gasteiger partial charge in [-0.25, -0.2) is 4.98 Å². The Balaban J connectivity index is 1.44. The Hall–Kier alpha value is -1.92. The molecule has 1 fully saturated rings. The molecule has 5 nitrogen and oxygen atoms in total. The number of benzene rings is 1. The van der Waals surface area contributed by atoms with E-state index in [2.05, 4.69) is 27.3 Å². The molecule has 0 atom stereocenters. The fraction of sp³-hybridized carbons (Fsp3) is 0.444. The van der Waals surface area contributed by atoms with Crippen molar-refractivity contribution in [2.24, 2.45) is 0 Å². The summed E-state index contributed by atoms with van der Waals surface area (Å²) < 4.78 is 5.37. The van der Waals surface area contributed by atoms with E-state index in [1.807, 2.05) is 24.4 Å². The maximum Gasteiger partial charge on any atom is 0.224 e. The Morgan fingerprint density at radius 1 is 1.29 bits per heavy atom. The molecule has 24 heavy (non-hydrogen) atoms. The van der Waals surface area contributed by atoms with Crippen LogP contribution in [0.5, 0.6) is 0 Å². The van der Waals surface area contributed by atoms with Crippen molar-refractivity contribution in [1.82, 2.24) is 10.3 Å². The molecule has 2 heterocycles. The maximum absolute atomic E-state index is 12.0. The molecule has 2 aromatic rings. The molecule has 1 amide bonds. The Bertz CT molecular complexity index is 663. The molecule has 3 rings (SSSR count). The maximum atomic E-state index is 12.0. The van der Waals surface area contributed by atoms with Crippen LogP contribution in [0.2, 0.25) is 0 Å². The highest BCUT2D eigenvalue weighted by Gasteiger charge is 2.11. The number of thiazole rings is 1. The van der Waals surface area contributed by atoms with E-state index in [4.69, 9.17) is 4.74 Å².